The fourth-order valence-corrected chi connectivity index (χ4v) is 1.16. The second-order valence-corrected chi connectivity index (χ2v) is 4.68. The molecule has 0 spiro atoms. The molecule has 0 atom stereocenters. The number of rotatable bonds is 9. The van der Waals surface area contributed by atoms with Crippen LogP contribution in [-0.4, -0.2) is 23.2 Å². The van der Waals surface area contributed by atoms with Gasteiger partial charge in [-0.3, -0.25) is 9.59 Å². The van der Waals surface area contributed by atoms with Gasteiger partial charge >= 0.3 is 0 Å². The van der Waals surface area contributed by atoms with E-state index in [1.54, 1.807) is 0 Å². The monoisotopic (exact) mass is 282 g/mol. The normalized spacial score (nSPS) is 12.2. The van der Waals surface area contributed by atoms with Crippen molar-refractivity contribution in [2.24, 2.45) is 10.2 Å². The number of nitrogens with one attached hydrogen (secondary N) is 2. The molecule has 0 aliphatic carbocycles. The summed E-state index contributed by atoms with van der Waals surface area (Å²) >= 11 is 0. The van der Waals surface area contributed by atoms with E-state index in [0.29, 0.717) is 25.7 Å². The fraction of sp³-hybridized carbons (Fsp3) is 0.714. The molecule has 6 heteroatoms. The quantitative estimate of drug-likeness (QED) is 0.386. The molecule has 0 radical (unpaired) electrons. The molecule has 0 heterocycles. The highest BCUT2D eigenvalue weighted by Gasteiger charge is 2.03. The van der Waals surface area contributed by atoms with Gasteiger partial charge in [0, 0.05) is 24.3 Å². The van der Waals surface area contributed by atoms with Crippen LogP contribution in [0.5, 0.6) is 0 Å². The van der Waals surface area contributed by atoms with Crippen molar-refractivity contribution >= 4 is 23.2 Å². The summed E-state index contributed by atoms with van der Waals surface area (Å²) in [5.41, 5.74) is 6.77. The van der Waals surface area contributed by atoms with Crippen LogP contribution in [-0.2, 0) is 9.59 Å². The minimum absolute atomic E-state index is 0.113. The minimum Gasteiger partial charge on any atom is -0.273 e. The van der Waals surface area contributed by atoms with Crippen LogP contribution < -0.4 is 10.9 Å². The average Bonchev–Trinajstić information content (AvgIpc) is 2.46. The van der Waals surface area contributed by atoms with E-state index in [1.807, 2.05) is 27.7 Å². The first-order valence-corrected chi connectivity index (χ1v) is 7.13. The number of carbonyl (C=O) groups excluding carboxylic acids is 2. The van der Waals surface area contributed by atoms with E-state index in [-0.39, 0.29) is 11.8 Å². The second-order valence-electron chi connectivity index (χ2n) is 4.68. The Labute approximate surface area is 121 Å². The maximum Gasteiger partial charge on any atom is 0.240 e. The highest BCUT2D eigenvalue weighted by Crippen LogP contribution is 2.00. The van der Waals surface area contributed by atoms with Crippen LogP contribution in [0.25, 0.3) is 0 Å². The van der Waals surface area contributed by atoms with Crippen LogP contribution in [0.4, 0.5) is 0 Å². The summed E-state index contributed by atoms with van der Waals surface area (Å²) in [7, 11) is 0. The molecule has 0 saturated carbocycles. The fourth-order valence-electron chi connectivity index (χ4n) is 1.16. The molecule has 2 N–H and O–H groups in total. The molecule has 6 nitrogen and oxygen atoms in total. The largest absolute Gasteiger partial charge is 0.273 e. The topological polar surface area (TPSA) is 82.9 Å². The molecule has 20 heavy (non-hydrogen) atoms. The third-order valence-corrected chi connectivity index (χ3v) is 2.82. The van der Waals surface area contributed by atoms with Crippen molar-refractivity contribution in [3.05, 3.63) is 0 Å². The SMILES string of the molecule is CC/C(C)=N/NC(=O)CCCCC(=O)N/N=C(\C)CC. The van der Waals surface area contributed by atoms with Gasteiger partial charge in [0.1, 0.15) is 0 Å². The van der Waals surface area contributed by atoms with Gasteiger partial charge in [-0.15, -0.1) is 0 Å². The van der Waals surface area contributed by atoms with Crippen molar-refractivity contribution in [1.29, 1.82) is 0 Å². The molecule has 0 rings (SSSR count). The smallest absolute Gasteiger partial charge is 0.240 e. The van der Waals surface area contributed by atoms with Gasteiger partial charge in [-0.1, -0.05) is 13.8 Å². The zero-order valence-electron chi connectivity index (χ0n) is 13.0. The van der Waals surface area contributed by atoms with Crippen LogP contribution in [0.15, 0.2) is 10.2 Å². The Morgan fingerprint density at radius 1 is 0.800 bits per heavy atom. The number of hydrogen-bond donors (Lipinski definition) is 2. The summed E-state index contributed by atoms with van der Waals surface area (Å²) in [5.74, 6) is -0.226. The van der Waals surface area contributed by atoms with Crippen molar-refractivity contribution in [2.45, 2.75) is 66.2 Å². The Morgan fingerprint density at radius 2 is 1.15 bits per heavy atom. The predicted octanol–water partition coefficient (Wildman–Crippen LogP) is 2.35. The van der Waals surface area contributed by atoms with Crippen molar-refractivity contribution in [1.82, 2.24) is 10.9 Å². The van der Waals surface area contributed by atoms with Gasteiger partial charge < -0.3 is 0 Å². The van der Waals surface area contributed by atoms with Crippen LogP contribution >= 0.6 is 0 Å². The van der Waals surface area contributed by atoms with Gasteiger partial charge in [-0.05, 0) is 39.5 Å². The summed E-state index contributed by atoms with van der Waals surface area (Å²) < 4.78 is 0. The molecule has 0 aliphatic heterocycles. The van der Waals surface area contributed by atoms with Crippen LogP contribution in [0.1, 0.15) is 66.2 Å². The third kappa shape index (κ3) is 10.2. The lowest BCUT2D eigenvalue weighted by atomic mass is 10.2. The molecule has 0 aromatic heterocycles. The van der Waals surface area contributed by atoms with E-state index >= 15 is 0 Å². The van der Waals surface area contributed by atoms with E-state index in [9.17, 15) is 9.59 Å². The van der Waals surface area contributed by atoms with E-state index in [1.165, 1.54) is 0 Å². The van der Waals surface area contributed by atoms with Crippen LogP contribution in [0.3, 0.4) is 0 Å². The molecular formula is C14H26N4O2. The number of hydrogen-bond acceptors (Lipinski definition) is 4. The molecule has 0 aromatic carbocycles. The van der Waals surface area contributed by atoms with Gasteiger partial charge in [0.05, 0.1) is 0 Å². The van der Waals surface area contributed by atoms with Crippen molar-refractivity contribution in [3.63, 3.8) is 0 Å². The van der Waals surface area contributed by atoms with E-state index in [2.05, 4.69) is 21.1 Å². The minimum atomic E-state index is -0.113. The molecule has 0 aliphatic rings. The Bertz CT molecular complexity index is 339. The van der Waals surface area contributed by atoms with Crippen molar-refractivity contribution < 1.29 is 9.59 Å². The lowest BCUT2D eigenvalue weighted by Crippen LogP contribution is -2.20. The van der Waals surface area contributed by atoms with E-state index in [0.717, 1.165) is 24.3 Å². The first-order valence-electron chi connectivity index (χ1n) is 7.13. The zero-order valence-corrected chi connectivity index (χ0v) is 13.0. The number of amides is 2. The first kappa shape index (κ1) is 18.3. The lowest BCUT2D eigenvalue weighted by Gasteiger charge is -2.02. The second kappa shape index (κ2) is 11.1. The molecular weight excluding hydrogens is 256 g/mol. The van der Waals surface area contributed by atoms with Gasteiger partial charge in [-0.2, -0.15) is 10.2 Å². The number of hydrazone groups is 2. The maximum absolute atomic E-state index is 11.4. The van der Waals surface area contributed by atoms with E-state index < -0.39 is 0 Å². The molecule has 0 saturated heterocycles. The molecule has 2 amide bonds. The summed E-state index contributed by atoms with van der Waals surface area (Å²) in [6, 6.07) is 0. The Balaban J connectivity index is 3.71. The third-order valence-electron chi connectivity index (χ3n) is 2.82. The molecule has 0 unspecified atom stereocenters. The highest BCUT2D eigenvalue weighted by molar-refractivity contribution is 5.84. The Hall–Kier alpha value is -1.72. The maximum atomic E-state index is 11.4. The summed E-state index contributed by atoms with van der Waals surface area (Å²) in [4.78, 5) is 22.8. The van der Waals surface area contributed by atoms with Gasteiger partial charge in [0.25, 0.3) is 0 Å². The van der Waals surface area contributed by atoms with Crippen LogP contribution in [0.2, 0.25) is 0 Å². The van der Waals surface area contributed by atoms with Crippen molar-refractivity contribution in [2.75, 3.05) is 0 Å². The standard InChI is InChI=1S/C14H26N4O2/c1-5-11(3)15-17-13(19)9-7-8-10-14(20)18-16-12(4)6-2/h5-10H2,1-4H3,(H,17,19)(H,18,20)/b15-11+,16-12+. The van der Waals surface area contributed by atoms with Gasteiger partial charge in [0.2, 0.25) is 11.8 Å². The molecule has 0 aromatic rings. The van der Waals surface area contributed by atoms with Gasteiger partial charge in [0.15, 0.2) is 0 Å². The average molecular weight is 282 g/mol. The number of nitrogens with zero attached hydrogens (tertiary/aromatic N) is 2. The number of unbranched alkanes of at least 4 members (excludes halogenated alkanes) is 1. The summed E-state index contributed by atoms with van der Waals surface area (Å²) in [6.07, 6.45) is 3.72. The van der Waals surface area contributed by atoms with Crippen molar-refractivity contribution in [3.8, 4) is 0 Å². The zero-order chi connectivity index (χ0) is 15.4. The van der Waals surface area contributed by atoms with Gasteiger partial charge in [-0.25, -0.2) is 10.9 Å². The Kier molecular flexibility index (Phi) is 10.2. The molecule has 114 valence electrons. The lowest BCUT2D eigenvalue weighted by molar-refractivity contribution is -0.123. The molecule has 0 fully saturated rings. The van der Waals surface area contributed by atoms with Crippen LogP contribution in [0, 0.1) is 0 Å². The summed E-state index contributed by atoms with van der Waals surface area (Å²) in [6.45, 7) is 7.69. The molecule has 0 bridgehead atoms. The number of carbonyl (C=O) groups is 2. The predicted molar refractivity (Wildman–Crippen MR) is 81.6 cm³/mol. The Morgan fingerprint density at radius 3 is 1.45 bits per heavy atom. The summed E-state index contributed by atoms with van der Waals surface area (Å²) in [5, 5.41) is 7.87. The first-order chi connectivity index (χ1) is 9.49. The van der Waals surface area contributed by atoms with E-state index in [4.69, 9.17) is 0 Å². The highest BCUT2D eigenvalue weighted by atomic mass is 16.2.